The Morgan fingerprint density at radius 2 is 1.65 bits per heavy atom. The molecule has 0 unspecified atom stereocenters. The number of halogens is 1. The lowest BCUT2D eigenvalue weighted by Crippen LogP contribution is -2.34. The fourth-order valence-electron chi connectivity index (χ4n) is 2.07. The van der Waals surface area contributed by atoms with Gasteiger partial charge in [0.1, 0.15) is 0 Å². The largest absolute Gasteiger partial charge is 0.291 e. The van der Waals surface area contributed by atoms with Crippen molar-refractivity contribution < 1.29 is 14.4 Å². The van der Waals surface area contributed by atoms with Gasteiger partial charge in [-0.1, -0.05) is 23.7 Å². The second-order valence-electron chi connectivity index (χ2n) is 4.27. The molecule has 4 nitrogen and oxygen atoms in total. The van der Waals surface area contributed by atoms with E-state index in [1.807, 2.05) is 0 Å². The fraction of sp³-hybridized carbons (Fsp3) is 0.0714. The molecule has 3 rings (SSSR count). The first-order valence-corrected chi connectivity index (χ1v) is 7.01. The second-order valence-corrected chi connectivity index (χ2v) is 5.98. The number of thiophene rings is 1. The average Bonchev–Trinajstić information content (AvgIpc) is 2.98. The van der Waals surface area contributed by atoms with Gasteiger partial charge in [-0.05, 0) is 24.3 Å². The topological polar surface area (TPSA) is 54.5 Å². The van der Waals surface area contributed by atoms with Crippen LogP contribution in [0.15, 0.2) is 36.4 Å². The summed E-state index contributed by atoms with van der Waals surface area (Å²) in [5.74, 6) is -1.15. The van der Waals surface area contributed by atoms with Crippen molar-refractivity contribution in [2.45, 2.75) is 0 Å². The van der Waals surface area contributed by atoms with E-state index in [1.54, 1.807) is 36.4 Å². The third-order valence-corrected chi connectivity index (χ3v) is 4.30. The minimum atomic E-state index is -0.429. The highest BCUT2D eigenvalue weighted by Crippen LogP contribution is 2.25. The van der Waals surface area contributed by atoms with Crippen LogP contribution in [0.25, 0.3) is 0 Å². The summed E-state index contributed by atoms with van der Waals surface area (Å²) in [6, 6.07) is 9.75. The monoisotopic (exact) mass is 305 g/mol. The number of Topliss-reactive ketones (excluding diaryl/α,β-unsaturated/α-hetero) is 1. The van der Waals surface area contributed by atoms with Crippen LogP contribution in [0.1, 0.15) is 30.4 Å². The predicted octanol–water partition coefficient (Wildman–Crippen LogP) is 2.88. The molecule has 20 heavy (non-hydrogen) atoms. The first-order valence-electron chi connectivity index (χ1n) is 5.81. The second kappa shape index (κ2) is 4.85. The Bertz CT molecular complexity index is 703. The summed E-state index contributed by atoms with van der Waals surface area (Å²) in [6.07, 6.45) is 0. The van der Waals surface area contributed by atoms with Crippen LogP contribution < -0.4 is 0 Å². The molecule has 0 radical (unpaired) electrons. The molecule has 0 saturated carbocycles. The first-order chi connectivity index (χ1) is 9.58. The number of amides is 2. The third kappa shape index (κ3) is 2.05. The summed E-state index contributed by atoms with van der Waals surface area (Å²) < 4.78 is 0.496. The van der Waals surface area contributed by atoms with Crippen LogP contribution in [0.2, 0.25) is 4.34 Å². The fourth-order valence-corrected chi connectivity index (χ4v) is 3.04. The number of hydrogen-bond acceptors (Lipinski definition) is 4. The van der Waals surface area contributed by atoms with Gasteiger partial charge >= 0.3 is 0 Å². The Hall–Kier alpha value is -1.98. The van der Waals surface area contributed by atoms with Crippen LogP contribution in [-0.4, -0.2) is 29.0 Å². The van der Waals surface area contributed by atoms with Gasteiger partial charge in [0.2, 0.25) is 0 Å². The minimum Gasteiger partial charge on any atom is -0.291 e. The highest BCUT2D eigenvalue weighted by molar-refractivity contribution is 7.18. The van der Waals surface area contributed by atoms with Gasteiger partial charge in [0.15, 0.2) is 5.78 Å². The van der Waals surface area contributed by atoms with Crippen LogP contribution in [0.5, 0.6) is 0 Å². The zero-order chi connectivity index (χ0) is 14.3. The summed E-state index contributed by atoms with van der Waals surface area (Å²) in [7, 11) is 0. The lowest BCUT2D eigenvalue weighted by atomic mass is 10.1. The summed E-state index contributed by atoms with van der Waals surface area (Å²) in [5.41, 5.74) is 0.684. The van der Waals surface area contributed by atoms with E-state index in [9.17, 15) is 14.4 Å². The third-order valence-electron chi connectivity index (χ3n) is 3.03. The quantitative estimate of drug-likeness (QED) is 0.647. The van der Waals surface area contributed by atoms with Gasteiger partial charge in [-0.2, -0.15) is 0 Å². The van der Waals surface area contributed by atoms with Gasteiger partial charge in [0.25, 0.3) is 11.8 Å². The minimum absolute atomic E-state index is 0.261. The number of imide groups is 1. The van der Waals surface area contributed by atoms with E-state index >= 15 is 0 Å². The highest BCUT2D eigenvalue weighted by Gasteiger charge is 2.36. The molecule has 6 heteroatoms. The molecule has 0 bridgehead atoms. The molecule has 0 saturated heterocycles. The van der Waals surface area contributed by atoms with E-state index in [0.29, 0.717) is 20.3 Å². The van der Waals surface area contributed by atoms with Gasteiger partial charge in [-0.15, -0.1) is 11.3 Å². The molecule has 2 heterocycles. The predicted molar refractivity (Wildman–Crippen MR) is 75.5 cm³/mol. The molecule has 0 N–H and O–H groups in total. The molecule has 2 aromatic rings. The maximum Gasteiger partial charge on any atom is 0.261 e. The number of carbonyl (C=O) groups is 3. The molecule has 1 aliphatic heterocycles. The number of ketones is 1. The Balaban J connectivity index is 1.85. The van der Waals surface area contributed by atoms with Gasteiger partial charge in [-0.25, -0.2) is 0 Å². The lowest BCUT2D eigenvalue weighted by molar-refractivity contribution is 0.0625. The van der Waals surface area contributed by atoms with Gasteiger partial charge in [0.05, 0.1) is 26.9 Å². The Labute approximate surface area is 123 Å². The molecule has 1 aromatic heterocycles. The van der Waals surface area contributed by atoms with E-state index in [0.717, 1.165) is 16.2 Å². The van der Waals surface area contributed by atoms with Gasteiger partial charge < -0.3 is 0 Å². The van der Waals surface area contributed by atoms with Crippen molar-refractivity contribution in [1.29, 1.82) is 0 Å². The van der Waals surface area contributed by atoms with Crippen molar-refractivity contribution in [2.75, 3.05) is 6.54 Å². The molecule has 0 fully saturated rings. The van der Waals surface area contributed by atoms with E-state index in [1.165, 1.54) is 0 Å². The van der Waals surface area contributed by atoms with E-state index in [-0.39, 0.29) is 12.3 Å². The summed E-state index contributed by atoms with van der Waals surface area (Å²) >= 11 is 6.90. The van der Waals surface area contributed by atoms with Crippen molar-refractivity contribution in [3.05, 3.63) is 56.7 Å². The zero-order valence-electron chi connectivity index (χ0n) is 10.1. The zero-order valence-corrected chi connectivity index (χ0v) is 11.7. The van der Waals surface area contributed by atoms with Crippen LogP contribution in [0, 0.1) is 0 Å². The van der Waals surface area contributed by atoms with Crippen LogP contribution in [-0.2, 0) is 0 Å². The van der Waals surface area contributed by atoms with E-state index in [4.69, 9.17) is 11.6 Å². The molecule has 2 amide bonds. The summed E-state index contributed by atoms with van der Waals surface area (Å²) in [5, 5.41) is 0. The number of nitrogens with zero attached hydrogens (tertiary/aromatic N) is 1. The Morgan fingerprint density at radius 1 is 1.05 bits per heavy atom. The molecule has 0 atom stereocenters. The SMILES string of the molecule is O=C(CN1C(=O)c2ccccc2C1=O)c1ccc(Cl)s1. The molecular weight excluding hydrogens is 298 g/mol. The van der Waals surface area contributed by atoms with Crippen LogP contribution >= 0.6 is 22.9 Å². The Morgan fingerprint density at radius 3 is 2.15 bits per heavy atom. The van der Waals surface area contributed by atoms with E-state index in [2.05, 4.69) is 0 Å². The van der Waals surface area contributed by atoms with E-state index < -0.39 is 11.8 Å². The number of carbonyl (C=O) groups excluding carboxylic acids is 3. The summed E-state index contributed by atoms with van der Waals surface area (Å²) in [4.78, 5) is 37.7. The highest BCUT2D eigenvalue weighted by atomic mass is 35.5. The number of benzene rings is 1. The van der Waals surface area contributed by atoms with Crippen molar-refractivity contribution in [2.24, 2.45) is 0 Å². The number of hydrogen-bond donors (Lipinski definition) is 0. The maximum atomic E-state index is 12.1. The van der Waals surface area contributed by atoms with Crippen molar-refractivity contribution in [3.63, 3.8) is 0 Å². The molecule has 1 aromatic carbocycles. The van der Waals surface area contributed by atoms with Crippen LogP contribution in [0.4, 0.5) is 0 Å². The first kappa shape index (κ1) is 13.0. The van der Waals surface area contributed by atoms with Gasteiger partial charge in [0, 0.05) is 0 Å². The van der Waals surface area contributed by atoms with Crippen LogP contribution in [0.3, 0.4) is 0 Å². The smallest absolute Gasteiger partial charge is 0.261 e. The normalized spacial score (nSPS) is 13.8. The van der Waals surface area contributed by atoms with Crippen molar-refractivity contribution in [1.82, 2.24) is 4.90 Å². The summed E-state index contributed by atoms with van der Waals surface area (Å²) in [6.45, 7) is -0.261. The van der Waals surface area contributed by atoms with Crippen molar-refractivity contribution >= 4 is 40.5 Å². The molecule has 1 aliphatic rings. The molecular formula is C14H8ClNO3S. The Kier molecular flexibility index (Phi) is 3.16. The molecule has 0 aliphatic carbocycles. The maximum absolute atomic E-state index is 12.1. The number of fused-ring (bicyclic) bond motifs is 1. The molecule has 0 spiro atoms. The number of rotatable bonds is 3. The standard InChI is InChI=1S/C14H8ClNO3S/c15-12-6-5-11(20-12)10(17)7-16-13(18)8-3-1-2-4-9(8)14(16)19/h1-6H,7H2. The van der Waals surface area contributed by atoms with Crippen molar-refractivity contribution in [3.8, 4) is 0 Å². The van der Waals surface area contributed by atoms with Gasteiger partial charge in [-0.3, -0.25) is 19.3 Å². The average molecular weight is 306 g/mol. The lowest BCUT2D eigenvalue weighted by Gasteiger charge is -2.11. The molecule has 100 valence electrons.